The molecule has 1 rings (SSSR count). The first-order valence-electron chi connectivity index (χ1n) is 7.23. The number of likely N-dealkylation sites (tertiary alicyclic amines) is 1. The largest absolute Gasteiger partial charge is 0.314 e. The lowest BCUT2D eigenvalue weighted by Crippen LogP contribution is -2.43. The second kappa shape index (κ2) is 9.00. The van der Waals surface area contributed by atoms with Gasteiger partial charge in [-0.1, -0.05) is 18.6 Å². The molecular weight excluding hydrogens is 240 g/mol. The van der Waals surface area contributed by atoms with Gasteiger partial charge in [0.15, 0.2) is 0 Å². The molecule has 3 heteroatoms. The molecule has 0 aromatic rings. The molecule has 2 nitrogen and oxygen atoms in total. The fourth-order valence-electron chi connectivity index (χ4n) is 2.24. The van der Waals surface area contributed by atoms with Crippen LogP contribution in [0.3, 0.4) is 0 Å². The average molecular weight is 270 g/mol. The summed E-state index contributed by atoms with van der Waals surface area (Å²) >= 11 is 1.97. The number of nitrogens with zero attached hydrogens (tertiary/aromatic N) is 1. The van der Waals surface area contributed by atoms with Crippen molar-refractivity contribution in [1.82, 2.24) is 10.2 Å². The second-order valence-electron chi connectivity index (χ2n) is 5.65. The van der Waals surface area contributed by atoms with Gasteiger partial charge in [-0.2, -0.15) is 11.8 Å². The highest BCUT2D eigenvalue weighted by atomic mass is 32.2. The summed E-state index contributed by atoms with van der Waals surface area (Å²) in [6.07, 6.45) is 8.45. The summed E-state index contributed by atoms with van der Waals surface area (Å²) in [7, 11) is 0. The minimum Gasteiger partial charge on any atom is -0.314 e. The third-order valence-corrected chi connectivity index (χ3v) is 4.77. The van der Waals surface area contributed by atoms with Crippen molar-refractivity contribution in [1.29, 1.82) is 0 Å². The molecule has 1 fully saturated rings. The van der Waals surface area contributed by atoms with Gasteiger partial charge in [-0.15, -0.1) is 0 Å². The molecule has 0 radical (unpaired) electrons. The molecule has 0 aliphatic carbocycles. The van der Waals surface area contributed by atoms with Gasteiger partial charge in [-0.3, -0.25) is 4.90 Å². The summed E-state index contributed by atoms with van der Waals surface area (Å²) in [6.45, 7) is 11.5. The van der Waals surface area contributed by atoms with Crippen LogP contribution in [0.15, 0.2) is 11.6 Å². The number of thioether (sulfide) groups is 1. The molecule has 1 saturated heterocycles. The zero-order chi connectivity index (χ0) is 13.4. The van der Waals surface area contributed by atoms with Gasteiger partial charge in [0.2, 0.25) is 0 Å². The molecule has 0 amide bonds. The van der Waals surface area contributed by atoms with E-state index in [0.717, 1.165) is 17.8 Å². The first-order valence-corrected chi connectivity index (χ1v) is 8.52. The highest BCUT2D eigenvalue weighted by Crippen LogP contribution is 2.12. The quantitative estimate of drug-likeness (QED) is 0.716. The van der Waals surface area contributed by atoms with E-state index >= 15 is 0 Å². The Morgan fingerprint density at radius 1 is 1.39 bits per heavy atom. The van der Waals surface area contributed by atoms with Crippen molar-refractivity contribution in [3.05, 3.63) is 11.6 Å². The van der Waals surface area contributed by atoms with E-state index in [1.807, 2.05) is 11.8 Å². The third kappa shape index (κ3) is 6.81. The number of rotatable bonds is 7. The van der Waals surface area contributed by atoms with Crippen LogP contribution in [-0.2, 0) is 0 Å². The Morgan fingerprint density at radius 3 is 2.61 bits per heavy atom. The summed E-state index contributed by atoms with van der Waals surface area (Å²) in [5, 5.41) is 4.50. The van der Waals surface area contributed by atoms with Gasteiger partial charge in [0.05, 0.1) is 0 Å². The summed E-state index contributed by atoms with van der Waals surface area (Å²) in [4.78, 5) is 2.57. The zero-order valence-electron chi connectivity index (χ0n) is 12.5. The lowest BCUT2D eigenvalue weighted by Gasteiger charge is -2.32. The Morgan fingerprint density at radius 2 is 2.06 bits per heavy atom. The van der Waals surface area contributed by atoms with E-state index in [9.17, 15) is 0 Å². The van der Waals surface area contributed by atoms with Gasteiger partial charge < -0.3 is 5.32 Å². The Bertz CT molecular complexity index is 241. The number of piperidine rings is 1. The molecule has 0 saturated carbocycles. The molecule has 1 unspecified atom stereocenters. The lowest BCUT2D eigenvalue weighted by molar-refractivity contribution is 0.215. The molecule has 1 atom stereocenters. The molecule has 0 bridgehead atoms. The Labute approximate surface area is 118 Å². The molecular formula is C15H30N2S. The van der Waals surface area contributed by atoms with Gasteiger partial charge in [-0.25, -0.2) is 0 Å². The Balaban J connectivity index is 2.10. The predicted molar refractivity (Wildman–Crippen MR) is 84.5 cm³/mol. The van der Waals surface area contributed by atoms with Crippen molar-refractivity contribution < 1.29 is 0 Å². The smallest absolute Gasteiger partial charge is 0.0165 e. The maximum absolute atomic E-state index is 3.72. The van der Waals surface area contributed by atoms with Crippen molar-refractivity contribution in [2.24, 2.45) is 0 Å². The van der Waals surface area contributed by atoms with E-state index in [1.165, 1.54) is 44.5 Å². The molecule has 1 heterocycles. The minimum absolute atomic E-state index is 0.752. The van der Waals surface area contributed by atoms with Crippen LogP contribution in [-0.4, -0.2) is 48.6 Å². The number of nitrogens with one attached hydrogen (secondary N) is 1. The summed E-state index contributed by atoms with van der Waals surface area (Å²) in [5.74, 6) is 0. The molecule has 1 N–H and O–H groups in total. The van der Waals surface area contributed by atoms with Crippen LogP contribution in [0.2, 0.25) is 0 Å². The summed E-state index contributed by atoms with van der Waals surface area (Å²) in [5.41, 5.74) is 1.43. The fourth-order valence-corrected chi connectivity index (χ4v) is 2.59. The van der Waals surface area contributed by atoms with Crippen molar-refractivity contribution in [2.45, 2.75) is 51.3 Å². The maximum atomic E-state index is 3.72. The van der Waals surface area contributed by atoms with Crippen molar-refractivity contribution in [3.63, 3.8) is 0 Å². The van der Waals surface area contributed by atoms with Crippen molar-refractivity contribution in [2.75, 3.05) is 32.4 Å². The standard InChI is InChI=1S/C15H30N2S/c1-13(2)6-10-17-11-7-15(8-12-17)16-9-5-14(3)18-4/h6,14-16H,5,7-12H2,1-4H3. The Kier molecular flexibility index (Phi) is 8.03. The van der Waals surface area contributed by atoms with Crippen molar-refractivity contribution in [3.8, 4) is 0 Å². The van der Waals surface area contributed by atoms with E-state index in [4.69, 9.17) is 0 Å². The molecule has 0 aromatic heterocycles. The molecule has 0 aromatic carbocycles. The van der Waals surface area contributed by atoms with Crippen LogP contribution in [0.1, 0.15) is 40.0 Å². The minimum atomic E-state index is 0.752. The van der Waals surface area contributed by atoms with E-state index < -0.39 is 0 Å². The normalized spacial score (nSPS) is 19.8. The van der Waals surface area contributed by atoms with Gasteiger partial charge in [0.1, 0.15) is 0 Å². The van der Waals surface area contributed by atoms with Crippen molar-refractivity contribution >= 4 is 11.8 Å². The Hall–Kier alpha value is 0.0100. The third-order valence-electron chi connectivity index (χ3n) is 3.73. The van der Waals surface area contributed by atoms with Gasteiger partial charge in [-0.05, 0) is 59.0 Å². The highest BCUT2D eigenvalue weighted by Gasteiger charge is 2.17. The van der Waals surface area contributed by atoms with E-state index in [2.05, 4.69) is 43.3 Å². The number of hydrogen-bond acceptors (Lipinski definition) is 3. The van der Waals surface area contributed by atoms with Crippen LogP contribution in [0.25, 0.3) is 0 Å². The fraction of sp³-hybridized carbons (Fsp3) is 0.867. The topological polar surface area (TPSA) is 15.3 Å². The van der Waals surface area contributed by atoms with E-state index in [0.29, 0.717) is 0 Å². The predicted octanol–water partition coefficient (Wildman–Crippen LogP) is 3.15. The van der Waals surface area contributed by atoms with Gasteiger partial charge in [0, 0.05) is 17.8 Å². The first kappa shape index (κ1) is 16.1. The molecule has 106 valence electrons. The first-order chi connectivity index (χ1) is 8.61. The van der Waals surface area contributed by atoms with Crippen LogP contribution in [0.5, 0.6) is 0 Å². The molecule has 18 heavy (non-hydrogen) atoms. The molecule has 1 aliphatic heterocycles. The molecule has 0 spiro atoms. The van der Waals surface area contributed by atoms with Crippen LogP contribution in [0.4, 0.5) is 0 Å². The number of hydrogen-bond donors (Lipinski definition) is 1. The van der Waals surface area contributed by atoms with Crippen LogP contribution < -0.4 is 5.32 Å². The highest BCUT2D eigenvalue weighted by molar-refractivity contribution is 7.99. The monoisotopic (exact) mass is 270 g/mol. The van der Waals surface area contributed by atoms with E-state index in [1.54, 1.807) is 0 Å². The SMILES string of the molecule is CSC(C)CCNC1CCN(CC=C(C)C)CC1. The van der Waals surface area contributed by atoms with E-state index in [-0.39, 0.29) is 0 Å². The molecule has 1 aliphatic rings. The van der Waals surface area contributed by atoms with Gasteiger partial charge in [0.25, 0.3) is 0 Å². The van der Waals surface area contributed by atoms with Crippen LogP contribution in [0, 0.1) is 0 Å². The second-order valence-corrected chi connectivity index (χ2v) is 6.92. The summed E-state index contributed by atoms with van der Waals surface area (Å²) in [6, 6.07) is 0.752. The summed E-state index contributed by atoms with van der Waals surface area (Å²) < 4.78 is 0. The lowest BCUT2D eigenvalue weighted by atomic mass is 10.0. The van der Waals surface area contributed by atoms with Gasteiger partial charge >= 0.3 is 0 Å². The zero-order valence-corrected chi connectivity index (χ0v) is 13.4. The van der Waals surface area contributed by atoms with Crippen LogP contribution >= 0.6 is 11.8 Å². The number of allylic oxidation sites excluding steroid dienone is 1. The maximum Gasteiger partial charge on any atom is 0.0165 e. The average Bonchev–Trinajstić information content (AvgIpc) is 2.37.